The maximum Gasteiger partial charge on any atom is 0.260 e. The molecule has 0 fully saturated rings. The minimum absolute atomic E-state index is 0.0143. The summed E-state index contributed by atoms with van der Waals surface area (Å²) in [5.41, 5.74) is 1.70. The summed E-state index contributed by atoms with van der Waals surface area (Å²) in [5.74, 6) is -1.09. The number of fused-ring (bicyclic) bond motifs is 1. The summed E-state index contributed by atoms with van der Waals surface area (Å²) >= 11 is 7.39. The van der Waals surface area contributed by atoms with Crippen LogP contribution in [0.25, 0.3) is 10.2 Å². The topological polar surface area (TPSA) is 42.0 Å². The number of anilines is 1. The van der Waals surface area contributed by atoms with Crippen LogP contribution in [0.1, 0.15) is 15.9 Å². The third kappa shape index (κ3) is 2.62. The van der Waals surface area contributed by atoms with Gasteiger partial charge in [0, 0.05) is 0 Å². The summed E-state index contributed by atoms with van der Waals surface area (Å²) in [4.78, 5) is 16.4. The van der Waals surface area contributed by atoms with Crippen LogP contribution in [0, 0.1) is 12.7 Å². The van der Waals surface area contributed by atoms with Gasteiger partial charge in [-0.05, 0) is 30.7 Å². The van der Waals surface area contributed by atoms with E-state index in [4.69, 9.17) is 11.6 Å². The SMILES string of the molecule is Cc1ccc(Cl)c2sc(NC(=O)c3ccccc3F)nc12. The number of carbonyl (C=O) groups is 1. The first-order valence-corrected chi connectivity index (χ1v) is 7.37. The van der Waals surface area contributed by atoms with Crippen molar-refractivity contribution in [3.05, 3.63) is 58.4 Å². The van der Waals surface area contributed by atoms with Crippen LogP contribution in [0.4, 0.5) is 9.52 Å². The summed E-state index contributed by atoms with van der Waals surface area (Å²) in [6.07, 6.45) is 0. The zero-order valence-corrected chi connectivity index (χ0v) is 12.6. The summed E-state index contributed by atoms with van der Waals surface area (Å²) in [6.45, 7) is 1.92. The normalized spacial score (nSPS) is 10.8. The third-order valence-electron chi connectivity index (χ3n) is 3.04. The highest BCUT2D eigenvalue weighted by molar-refractivity contribution is 7.23. The monoisotopic (exact) mass is 320 g/mol. The quantitative estimate of drug-likeness (QED) is 0.746. The number of hydrogen-bond donors (Lipinski definition) is 1. The van der Waals surface area contributed by atoms with Gasteiger partial charge in [0.1, 0.15) is 5.82 Å². The molecule has 1 N–H and O–H groups in total. The molecule has 0 aliphatic rings. The summed E-state index contributed by atoms with van der Waals surface area (Å²) in [7, 11) is 0. The van der Waals surface area contributed by atoms with Gasteiger partial charge in [0.25, 0.3) is 5.91 Å². The zero-order chi connectivity index (χ0) is 15.0. The second kappa shape index (κ2) is 5.42. The average Bonchev–Trinajstić information content (AvgIpc) is 2.88. The van der Waals surface area contributed by atoms with Crippen molar-refractivity contribution in [1.82, 2.24) is 4.98 Å². The molecule has 0 aliphatic carbocycles. The number of rotatable bonds is 2. The number of thiazole rings is 1. The van der Waals surface area contributed by atoms with Gasteiger partial charge in [-0.15, -0.1) is 0 Å². The van der Waals surface area contributed by atoms with E-state index in [-0.39, 0.29) is 5.56 Å². The molecule has 106 valence electrons. The van der Waals surface area contributed by atoms with E-state index in [0.717, 1.165) is 15.8 Å². The summed E-state index contributed by atoms with van der Waals surface area (Å²) in [5, 5.41) is 3.59. The Labute approximate surface area is 129 Å². The zero-order valence-electron chi connectivity index (χ0n) is 11.0. The van der Waals surface area contributed by atoms with Crippen LogP contribution >= 0.6 is 22.9 Å². The standard InChI is InChI=1S/C15H10ClFN2OS/c1-8-6-7-10(16)13-12(8)18-15(21-13)19-14(20)9-4-2-3-5-11(9)17/h2-7H,1H3,(H,18,19,20). The van der Waals surface area contributed by atoms with Gasteiger partial charge in [-0.3, -0.25) is 10.1 Å². The molecule has 1 heterocycles. The van der Waals surface area contributed by atoms with Crippen molar-refractivity contribution in [3.63, 3.8) is 0 Å². The number of nitrogens with one attached hydrogen (secondary N) is 1. The van der Waals surface area contributed by atoms with E-state index in [9.17, 15) is 9.18 Å². The van der Waals surface area contributed by atoms with E-state index < -0.39 is 11.7 Å². The smallest absolute Gasteiger partial charge is 0.260 e. The van der Waals surface area contributed by atoms with E-state index in [2.05, 4.69) is 10.3 Å². The number of nitrogens with zero attached hydrogens (tertiary/aromatic N) is 1. The molecular formula is C15H10ClFN2OS. The van der Waals surface area contributed by atoms with Gasteiger partial charge in [-0.1, -0.05) is 41.1 Å². The molecule has 21 heavy (non-hydrogen) atoms. The number of aryl methyl sites for hydroxylation is 1. The van der Waals surface area contributed by atoms with Crippen LogP contribution in [-0.2, 0) is 0 Å². The average molecular weight is 321 g/mol. The molecule has 1 amide bonds. The maximum atomic E-state index is 13.6. The fourth-order valence-electron chi connectivity index (χ4n) is 1.97. The number of benzene rings is 2. The lowest BCUT2D eigenvalue weighted by Gasteiger charge is -2.02. The largest absolute Gasteiger partial charge is 0.298 e. The number of hydrogen-bond acceptors (Lipinski definition) is 3. The molecular weight excluding hydrogens is 311 g/mol. The molecule has 2 aromatic carbocycles. The summed E-state index contributed by atoms with van der Waals surface area (Å²) < 4.78 is 14.4. The van der Waals surface area contributed by atoms with Crippen LogP contribution in [0.2, 0.25) is 5.02 Å². The van der Waals surface area contributed by atoms with Gasteiger partial charge in [0.05, 0.1) is 20.8 Å². The number of carbonyl (C=O) groups excluding carboxylic acids is 1. The Morgan fingerprint density at radius 3 is 2.76 bits per heavy atom. The van der Waals surface area contributed by atoms with Crippen LogP contribution in [0.3, 0.4) is 0 Å². The van der Waals surface area contributed by atoms with Crippen LogP contribution in [-0.4, -0.2) is 10.9 Å². The molecule has 0 unspecified atom stereocenters. The molecule has 0 saturated carbocycles. The van der Waals surface area contributed by atoms with Gasteiger partial charge in [0.2, 0.25) is 0 Å². The second-order valence-corrected chi connectivity index (χ2v) is 5.90. The molecule has 0 aliphatic heterocycles. The minimum Gasteiger partial charge on any atom is -0.298 e. The highest BCUT2D eigenvalue weighted by atomic mass is 35.5. The van der Waals surface area contributed by atoms with E-state index in [0.29, 0.717) is 10.2 Å². The molecule has 0 bridgehead atoms. The van der Waals surface area contributed by atoms with E-state index >= 15 is 0 Å². The fraction of sp³-hybridized carbons (Fsp3) is 0.0667. The lowest BCUT2D eigenvalue weighted by atomic mass is 10.2. The van der Waals surface area contributed by atoms with Crippen molar-refractivity contribution in [3.8, 4) is 0 Å². The number of amides is 1. The lowest BCUT2D eigenvalue weighted by Crippen LogP contribution is -2.13. The molecule has 3 nitrogen and oxygen atoms in total. The Kier molecular flexibility index (Phi) is 3.61. The highest BCUT2D eigenvalue weighted by Crippen LogP contribution is 2.34. The van der Waals surface area contributed by atoms with Crippen molar-refractivity contribution < 1.29 is 9.18 Å². The number of halogens is 2. The molecule has 3 aromatic rings. The van der Waals surface area contributed by atoms with Gasteiger partial charge < -0.3 is 0 Å². The van der Waals surface area contributed by atoms with E-state index in [1.165, 1.54) is 29.5 Å². The Morgan fingerprint density at radius 2 is 2.05 bits per heavy atom. The Balaban J connectivity index is 1.96. The van der Waals surface area contributed by atoms with E-state index in [1.54, 1.807) is 12.1 Å². The maximum absolute atomic E-state index is 13.6. The molecule has 1 aromatic heterocycles. The van der Waals surface area contributed by atoms with Gasteiger partial charge in [-0.25, -0.2) is 9.37 Å². The molecule has 3 rings (SSSR count). The Morgan fingerprint density at radius 1 is 1.29 bits per heavy atom. The highest BCUT2D eigenvalue weighted by Gasteiger charge is 2.15. The van der Waals surface area contributed by atoms with Crippen molar-refractivity contribution in [2.24, 2.45) is 0 Å². The predicted molar refractivity (Wildman–Crippen MR) is 83.7 cm³/mol. The Hall–Kier alpha value is -1.98. The molecule has 0 radical (unpaired) electrons. The summed E-state index contributed by atoms with van der Waals surface area (Å²) in [6, 6.07) is 9.47. The molecule has 6 heteroatoms. The van der Waals surface area contributed by atoms with Gasteiger partial charge in [-0.2, -0.15) is 0 Å². The molecule has 0 spiro atoms. The first kappa shape index (κ1) is 14.0. The molecule has 0 atom stereocenters. The third-order valence-corrected chi connectivity index (χ3v) is 4.47. The predicted octanol–water partition coefficient (Wildman–Crippen LogP) is 4.65. The van der Waals surface area contributed by atoms with Crippen molar-refractivity contribution in [1.29, 1.82) is 0 Å². The lowest BCUT2D eigenvalue weighted by molar-refractivity contribution is 0.102. The van der Waals surface area contributed by atoms with E-state index in [1.807, 2.05) is 13.0 Å². The Bertz CT molecular complexity index is 808. The van der Waals surface area contributed by atoms with Gasteiger partial charge in [0.15, 0.2) is 5.13 Å². The van der Waals surface area contributed by atoms with Crippen molar-refractivity contribution in [2.45, 2.75) is 6.92 Å². The fourth-order valence-corrected chi connectivity index (χ4v) is 3.18. The number of aromatic nitrogens is 1. The minimum atomic E-state index is -0.565. The first-order chi connectivity index (χ1) is 10.1. The van der Waals surface area contributed by atoms with Crippen molar-refractivity contribution >= 4 is 44.2 Å². The first-order valence-electron chi connectivity index (χ1n) is 6.18. The van der Waals surface area contributed by atoms with Crippen LogP contribution in [0.5, 0.6) is 0 Å². The van der Waals surface area contributed by atoms with Crippen LogP contribution in [0.15, 0.2) is 36.4 Å². The van der Waals surface area contributed by atoms with Crippen molar-refractivity contribution in [2.75, 3.05) is 5.32 Å². The van der Waals surface area contributed by atoms with Gasteiger partial charge >= 0.3 is 0 Å². The van der Waals surface area contributed by atoms with Crippen LogP contribution < -0.4 is 5.32 Å². The second-order valence-electron chi connectivity index (χ2n) is 4.50. The molecule has 0 saturated heterocycles.